The molecule has 1 unspecified atom stereocenters. The molecule has 4 nitrogen and oxygen atoms in total. The van der Waals surface area contributed by atoms with E-state index >= 15 is 0 Å². The lowest BCUT2D eigenvalue weighted by Crippen LogP contribution is -2.01. The topological polar surface area (TPSA) is 55.7 Å². The van der Waals surface area contributed by atoms with Crippen LogP contribution in [0.5, 0.6) is 0 Å². The molecular weight excluding hydrogens is 110 g/mol. The second kappa shape index (κ2) is 4.02. The molecule has 0 amide bonds. The summed E-state index contributed by atoms with van der Waals surface area (Å²) in [5.74, 6) is 0. The number of hydrogen-bond acceptors (Lipinski definition) is 4. The summed E-state index contributed by atoms with van der Waals surface area (Å²) in [4.78, 5) is 21.9. The molecule has 0 rings (SSSR count). The molecule has 0 aromatic rings. The summed E-state index contributed by atoms with van der Waals surface area (Å²) < 4.78 is 4.17. The van der Waals surface area contributed by atoms with E-state index in [9.17, 15) is 9.59 Å². The Morgan fingerprint density at radius 1 is 1.88 bits per heavy atom. The molecule has 0 N–H and O–H groups in total. The van der Waals surface area contributed by atoms with Gasteiger partial charge >= 0.3 is 0 Å². The van der Waals surface area contributed by atoms with Crippen LogP contribution in [0.25, 0.3) is 0 Å². The maximum atomic E-state index is 9.48. The van der Waals surface area contributed by atoms with Crippen LogP contribution in [0.15, 0.2) is 4.99 Å². The zero-order valence-corrected chi connectivity index (χ0v) is 4.33. The molecule has 0 aliphatic rings. The van der Waals surface area contributed by atoms with Gasteiger partial charge in [-0.1, -0.05) is 0 Å². The molecule has 0 heterocycles. The lowest BCUT2D eigenvalue weighted by molar-refractivity contribution is -0.132. The Balaban J connectivity index is 3.46. The van der Waals surface area contributed by atoms with E-state index in [1.54, 1.807) is 0 Å². The summed E-state index contributed by atoms with van der Waals surface area (Å²) in [7, 11) is 0. The van der Waals surface area contributed by atoms with Crippen molar-refractivity contribution >= 4 is 12.6 Å². The van der Waals surface area contributed by atoms with Gasteiger partial charge in [0.05, 0.1) is 0 Å². The average molecular weight is 115 g/mol. The third kappa shape index (κ3) is 3.06. The zero-order valence-electron chi connectivity index (χ0n) is 4.33. The van der Waals surface area contributed by atoms with Crippen LogP contribution in [0.3, 0.4) is 0 Å². The second-order valence-electron chi connectivity index (χ2n) is 1.05. The maximum Gasteiger partial charge on any atom is 0.295 e. The fourth-order valence-corrected chi connectivity index (χ4v) is 0.185. The van der Waals surface area contributed by atoms with E-state index < -0.39 is 6.23 Å². The van der Waals surface area contributed by atoms with Gasteiger partial charge in [-0.15, -0.1) is 0 Å². The number of carbonyl (C=O) groups excluding carboxylic acids is 2. The van der Waals surface area contributed by atoms with Crippen molar-refractivity contribution in [3.8, 4) is 0 Å². The van der Waals surface area contributed by atoms with Gasteiger partial charge in [0.2, 0.25) is 12.3 Å². The normalized spacial score (nSPS) is 11.1. The number of isocyanates is 1. The van der Waals surface area contributed by atoms with E-state index in [0.29, 0.717) is 0 Å². The SMILES string of the molecule is CC(N=C=O)OC=O. The monoisotopic (exact) mass is 115 g/mol. The van der Waals surface area contributed by atoms with Crippen molar-refractivity contribution in [3.63, 3.8) is 0 Å². The van der Waals surface area contributed by atoms with E-state index in [1.165, 1.54) is 13.0 Å². The molecule has 4 heteroatoms. The third-order valence-corrected chi connectivity index (χ3v) is 0.487. The molecule has 0 radical (unpaired) electrons. The summed E-state index contributed by atoms with van der Waals surface area (Å²) in [6.45, 7) is 1.69. The number of carbonyl (C=O) groups is 1. The van der Waals surface area contributed by atoms with Crippen LogP contribution in [0.1, 0.15) is 6.92 Å². The average Bonchev–Trinajstić information content (AvgIpc) is 1.68. The molecule has 0 spiro atoms. The smallest absolute Gasteiger partial charge is 0.295 e. The molecule has 0 fully saturated rings. The van der Waals surface area contributed by atoms with Gasteiger partial charge in [0.1, 0.15) is 0 Å². The minimum absolute atomic E-state index is 0.228. The van der Waals surface area contributed by atoms with Crippen LogP contribution in [0, 0.1) is 0 Å². The van der Waals surface area contributed by atoms with Crippen LogP contribution in [0.2, 0.25) is 0 Å². The molecule has 1 atom stereocenters. The number of nitrogens with zero attached hydrogens (tertiary/aromatic N) is 1. The van der Waals surface area contributed by atoms with E-state index in [2.05, 4.69) is 9.73 Å². The second-order valence-corrected chi connectivity index (χ2v) is 1.05. The number of hydrogen-bond donors (Lipinski definition) is 0. The molecule has 8 heavy (non-hydrogen) atoms. The first kappa shape index (κ1) is 6.85. The first-order valence-electron chi connectivity index (χ1n) is 1.97. The standard InChI is InChI=1S/C4H5NO3/c1-4(5-2-6)8-3-7/h3-4H,1H3. The predicted octanol–water partition coefficient (Wildman–Crippen LogP) is -0.159. The highest BCUT2D eigenvalue weighted by Gasteiger charge is 1.92. The first-order valence-corrected chi connectivity index (χ1v) is 1.97. The van der Waals surface area contributed by atoms with Gasteiger partial charge in [0.15, 0.2) is 0 Å². The highest BCUT2D eigenvalue weighted by atomic mass is 16.5. The van der Waals surface area contributed by atoms with Crippen molar-refractivity contribution in [2.75, 3.05) is 0 Å². The van der Waals surface area contributed by atoms with Gasteiger partial charge in [-0.25, -0.2) is 4.79 Å². The lowest BCUT2D eigenvalue weighted by atomic mass is 10.7. The molecule has 0 saturated heterocycles. The number of aliphatic imine (C=N–C) groups is 1. The molecule has 0 aliphatic heterocycles. The van der Waals surface area contributed by atoms with Gasteiger partial charge < -0.3 is 4.74 Å². The first-order chi connectivity index (χ1) is 3.81. The minimum Gasteiger partial charge on any atom is -0.441 e. The Morgan fingerprint density at radius 3 is 2.88 bits per heavy atom. The molecule has 0 aromatic carbocycles. The lowest BCUT2D eigenvalue weighted by Gasteiger charge is -1.96. The van der Waals surface area contributed by atoms with Crippen molar-refractivity contribution in [2.24, 2.45) is 4.99 Å². The Kier molecular flexibility index (Phi) is 3.44. The van der Waals surface area contributed by atoms with Gasteiger partial charge in [-0.2, -0.15) is 4.99 Å². The number of rotatable bonds is 3. The van der Waals surface area contributed by atoms with E-state index in [0.717, 1.165) is 0 Å². The summed E-state index contributed by atoms with van der Waals surface area (Å²) in [5, 5.41) is 0. The van der Waals surface area contributed by atoms with Crippen LogP contribution < -0.4 is 0 Å². The Labute approximate surface area is 46.2 Å². The molecule has 0 aliphatic carbocycles. The molecular formula is C4H5NO3. The highest BCUT2D eigenvalue weighted by molar-refractivity contribution is 5.38. The van der Waals surface area contributed by atoms with Crippen LogP contribution in [-0.2, 0) is 14.3 Å². The van der Waals surface area contributed by atoms with Crippen LogP contribution in [0.4, 0.5) is 0 Å². The maximum absolute atomic E-state index is 9.48. The van der Waals surface area contributed by atoms with Gasteiger partial charge in [-0.3, -0.25) is 4.79 Å². The van der Waals surface area contributed by atoms with Gasteiger partial charge in [-0.05, 0) is 6.92 Å². The third-order valence-electron chi connectivity index (χ3n) is 0.487. The van der Waals surface area contributed by atoms with E-state index in [4.69, 9.17) is 0 Å². The predicted molar refractivity (Wildman–Crippen MR) is 24.7 cm³/mol. The molecule has 44 valence electrons. The minimum atomic E-state index is -0.704. The summed E-state index contributed by atoms with van der Waals surface area (Å²) in [6.07, 6.45) is 0.540. The van der Waals surface area contributed by atoms with Crippen molar-refractivity contribution in [1.82, 2.24) is 0 Å². The van der Waals surface area contributed by atoms with Crippen molar-refractivity contribution < 1.29 is 14.3 Å². The molecule has 0 bridgehead atoms. The fraction of sp³-hybridized carbons (Fsp3) is 0.500. The Bertz CT molecular complexity index is 116. The van der Waals surface area contributed by atoms with Crippen molar-refractivity contribution in [2.45, 2.75) is 13.2 Å². The van der Waals surface area contributed by atoms with Crippen molar-refractivity contribution in [1.29, 1.82) is 0 Å². The van der Waals surface area contributed by atoms with Crippen molar-refractivity contribution in [3.05, 3.63) is 0 Å². The van der Waals surface area contributed by atoms with E-state index in [-0.39, 0.29) is 6.47 Å². The highest BCUT2D eigenvalue weighted by Crippen LogP contribution is 1.84. The van der Waals surface area contributed by atoms with Gasteiger partial charge in [0, 0.05) is 0 Å². The Hall–Kier alpha value is -1.15. The fourth-order valence-electron chi connectivity index (χ4n) is 0.185. The van der Waals surface area contributed by atoms with Gasteiger partial charge in [0.25, 0.3) is 6.47 Å². The zero-order chi connectivity index (χ0) is 6.41. The quantitative estimate of drug-likeness (QED) is 0.292. The number of ether oxygens (including phenoxy) is 1. The summed E-state index contributed by atoms with van der Waals surface area (Å²) >= 11 is 0. The van der Waals surface area contributed by atoms with E-state index in [1.807, 2.05) is 0 Å². The molecule has 0 aromatic heterocycles. The summed E-state index contributed by atoms with van der Waals surface area (Å²) in [6, 6.07) is 0. The largest absolute Gasteiger partial charge is 0.441 e. The van der Waals surface area contributed by atoms with Crippen LogP contribution >= 0.6 is 0 Å². The van der Waals surface area contributed by atoms with Crippen LogP contribution in [-0.4, -0.2) is 18.8 Å². The Morgan fingerprint density at radius 2 is 2.50 bits per heavy atom. The summed E-state index contributed by atoms with van der Waals surface area (Å²) in [5.41, 5.74) is 0. The molecule has 0 saturated carbocycles.